The van der Waals surface area contributed by atoms with Gasteiger partial charge in [-0.05, 0) is 24.6 Å². The molecule has 7 heteroatoms. The van der Waals surface area contributed by atoms with Gasteiger partial charge in [-0.2, -0.15) is 5.10 Å². The third kappa shape index (κ3) is 2.76. The van der Waals surface area contributed by atoms with Crippen LogP contribution in [0, 0.1) is 11.6 Å². The molecule has 0 aliphatic carbocycles. The molecule has 0 atom stereocenters. The monoisotopic (exact) mass is 280 g/mol. The molecule has 1 amide bonds. The summed E-state index contributed by atoms with van der Waals surface area (Å²) < 4.78 is 26.4. The van der Waals surface area contributed by atoms with Gasteiger partial charge in [-0.3, -0.25) is 9.89 Å². The quantitative estimate of drug-likeness (QED) is 0.798. The number of aromatic nitrogens is 2. The molecule has 2 rings (SSSR count). The Bertz CT molecular complexity index is 639. The zero-order valence-electron chi connectivity index (χ0n) is 10.8. The van der Waals surface area contributed by atoms with Crippen molar-refractivity contribution in [1.82, 2.24) is 15.5 Å². The molecule has 0 fully saturated rings. The number of anilines is 1. The lowest BCUT2D eigenvalue weighted by Crippen LogP contribution is -2.24. The lowest BCUT2D eigenvalue weighted by atomic mass is 10.2. The molecular weight excluding hydrogens is 266 g/mol. The van der Waals surface area contributed by atoms with E-state index in [1.807, 2.05) is 6.92 Å². The van der Waals surface area contributed by atoms with Gasteiger partial charge in [0.05, 0.1) is 11.4 Å². The molecule has 0 saturated heterocycles. The van der Waals surface area contributed by atoms with Gasteiger partial charge >= 0.3 is 0 Å². The summed E-state index contributed by atoms with van der Waals surface area (Å²) in [4.78, 5) is 11.9. The molecule has 106 valence electrons. The van der Waals surface area contributed by atoms with Crippen molar-refractivity contribution < 1.29 is 13.6 Å². The van der Waals surface area contributed by atoms with E-state index in [1.165, 1.54) is 0 Å². The predicted molar refractivity (Wildman–Crippen MR) is 69.9 cm³/mol. The number of nitrogens with one attached hydrogen (secondary N) is 2. The maximum absolute atomic E-state index is 13.4. The summed E-state index contributed by atoms with van der Waals surface area (Å²) >= 11 is 0. The zero-order valence-corrected chi connectivity index (χ0v) is 10.8. The van der Waals surface area contributed by atoms with Crippen molar-refractivity contribution >= 4 is 11.6 Å². The van der Waals surface area contributed by atoms with Crippen LogP contribution in [0.4, 0.5) is 14.5 Å². The summed E-state index contributed by atoms with van der Waals surface area (Å²) in [6, 6.07) is 3.05. The predicted octanol–water partition coefficient (Wildman–Crippen LogP) is 1.76. The Balaban J connectivity index is 2.08. The van der Waals surface area contributed by atoms with Crippen molar-refractivity contribution in [2.24, 2.45) is 0 Å². The summed E-state index contributed by atoms with van der Waals surface area (Å²) in [7, 11) is 0. The SMILES string of the molecule is CCc1[nH]nc(C(=O)NCc2cc(F)ccc2F)c1N. The highest BCUT2D eigenvalue weighted by Gasteiger charge is 2.16. The number of carbonyl (C=O) groups is 1. The van der Waals surface area contributed by atoms with Gasteiger partial charge in [0.15, 0.2) is 5.69 Å². The van der Waals surface area contributed by atoms with Gasteiger partial charge in [-0.25, -0.2) is 8.78 Å². The van der Waals surface area contributed by atoms with Crippen molar-refractivity contribution in [3.05, 3.63) is 46.8 Å². The van der Waals surface area contributed by atoms with Crippen LogP contribution < -0.4 is 11.1 Å². The molecule has 5 nitrogen and oxygen atoms in total. The van der Waals surface area contributed by atoms with E-state index in [9.17, 15) is 13.6 Å². The third-order valence-corrected chi connectivity index (χ3v) is 2.90. The molecule has 0 spiro atoms. The van der Waals surface area contributed by atoms with E-state index >= 15 is 0 Å². The molecule has 0 aliphatic rings. The Hall–Kier alpha value is -2.44. The third-order valence-electron chi connectivity index (χ3n) is 2.90. The van der Waals surface area contributed by atoms with Gasteiger partial charge in [0.1, 0.15) is 11.6 Å². The minimum atomic E-state index is -0.587. The number of nitrogens with two attached hydrogens (primary N) is 1. The highest BCUT2D eigenvalue weighted by molar-refractivity contribution is 5.97. The number of amides is 1. The number of aromatic amines is 1. The summed E-state index contributed by atoms with van der Waals surface area (Å²) in [6.45, 7) is 1.73. The molecule has 0 bridgehead atoms. The first-order chi connectivity index (χ1) is 9.52. The summed E-state index contributed by atoms with van der Waals surface area (Å²) in [5.74, 6) is -1.69. The Morgan fingerprint density at radius 1 is 1.45 bits per heavy atom. The second-order valence-corrected chi connectivity index (χ2v) is 4.24. The van der Waals surface area contributed by atoms with E-state index in [0.717, 1.165) is 18.2 Å². The van der Waals surface area contributed by atoms with Crippen LogP contribution in [0.3, 0.4) is 0 Å². The average Bonchev–Trinajstić information content (AvgIpc) is 2.80. The maximum atomic E-state index is 13.4. The van der Waals surface area contributed by atoms with E-state index in [0.29, 0.717) is 12.1 Å². The first kappa shape index (κ1) is 14.0. The van der Waals surface area contributed by atoms with Crippen molar-refractivity contribution in [3.63, 3.8) is 0 Å². The second kappa shape index (κ2) is 5.68. The number of nitrogen functional groups attached to an aromatic ring is 1. The minimum absolute atomic E-state index is 0.0543. The van der Waals surface area contributed by atoms with Crippen molar-refractivity contribution in [1.29, 1.82) is 0 Å². The highest BCUT2D eigenvalue weighted by atomic mass is 19.1. The first-order valence-corrected chi connectivity index (χ1v) is 6.07. The number of benzene rings is 1. The average molecular weight is 280 g/mol. The van der Waals surface area contributed by atoms with Crippen molar-refractivity contribution in [2.75, 3.05) is 5.73 Å². The molecule has 1 aromatic carbocycles. The smallest absolute Gasteiger partial charge is 0.274 e. The lowest BCUT2D eigenvalue weighted by molar-refractivity contribution is 0.0946. The topological polar surface area (TPSA) is 83.8 Å². The number of nitrogens with zero attached hydrogens (tertiary/aromatic N) is 1. The van der Waals surface area contributed by atoms with E-state index in [4.69, 9.17) is 5.73 Å². The molecule has 1 heterocycles. The van der Waals surface area contributed by atoms with Gasteiger partial charge in [0.2, 0.25) is 0 Å². The number of hydrogen-bond acceptors (Lipinski definition) is 3. The summed E-state index contributed by atoms with van der Waals surface area (Å²) in [5, 5.41) is 8.92. The lowest BCUT2D eigenvalue weighted by Gasteiger charge is -2.05. The van der Waals surface area contributed by atoms with Gasteiger partial charge in [-0.1, -0.05) is 6.92 Å². The molecule has 4 N–H and O–H groups in total. The molecule has 0 radical (unpaired) electrons. The van der Waals surface area contributed by atoms with Crippen LogP contribution in [-0.2, 0) is 13.0 Å². The molecule has 20 heavy (non-hydrogen) atoms. The fraction of sp³-hybridized carbons (Fsp3) is 0.231. The molecule has 0 saturated carbocycles. The van der Waals surface area contributed by atoms with E-state index < -0.39 is 17.5 Å². The number of carbonyl (C=O) groups excluding carboxylic acids is 1. The largest absolute Gasteiger partial charge is 0.395 e. The fourth-order valence-electron chi connectivity index (χ4n) is 1.77. The van der Waals surface area contributed by atoms with Gasteiger partial charge in [0.25, 0.3) is 5.91 Å². The number of H-pyrrole nitrogens is 1. The summed E-state index contributed by atoms with van der Waals surface area (Å²) in [6.07, 6.45) is 0.616. The van der Waals surface area contributed by atoms with Crippen LogP contribution in [0.5, 0.6) is 0 Å². The van der Waals surface area contributed by atoms with Crippen LogP contribution in [0.2, 0.25) is 0 Å². The minimum Gasteiger partial charge on any atom is -0.395 e. The van der Waals surface area contributed by atoms with Crippen LogP contribution in [0.1, 0.15) is 28.7 Å². The number of aryl methyl sites for hydroxylation is 1. The maximum Gasteiger partial charge on any atom is 0.274 e. The van der Waals surface area contributed by atoms with Gasteiger partial charge in [0, 0.05) is 12.1 Å². The van der Waals surface area contributed by atoms with E-state index in [1.54, 1.807) is 0 Å². The standard InChI is InChI=1S/C13H14F2N4O/c1-2-10-11(16)12(19-18-10)13(20)17-6-7-5-8(14)3-4-9(7)15/h3-5H,2,6,16H2,1H3,(H,17,20)(H,18,19). The number of rotatable bonds is 4. The Kier molecular flexibility index (Phi) is 3.97. The fourth-order valence-corrected chi connectivity index (χ4v) is 1.77. The zero-order chi connectivity index (χ0) is 14.7. The van der Waals surface area contributed by atoms with Gasteiger partial charge in [-0.15, -0.1) is 0 Å². The van der Waals surface area contributed by atoms with Crippen molar-refractivity contribution in [2.45, 2.75) is 19.9 Å². The second-order valence-electron chi connectivity index (χ2n) is 4.24. The Labute approximate surface area is 114 Å². The molecule has 0 aliphatic heterocycles. The number of hydrogen-bond donors (Lipinski definition) is 3. The van der Waals surface area contributed by atoms with Crippen molar-refractivity contribution in [3.8, 4) is 0 Å². The van der Waals surface area contributed by atoms with Crippen LogP contribution in [-0.4, -0.2) is 16.1 Å². The van der Waals surface area contributed by atoms with E-state index in [2.05, 4.69) is 15.5 Å². The first-order valence-electron chi connectivity index (χ1n) is 6.07. The molecule has 0 unspecified atom stereocenters. The molecular formula is C13H14F2N4O. The highest BCUT2D eigenvalue weighted by Crippen LogP contribution is 2.15. The normalized spacial score (nSPS) is 10.6. The van der Waals surface area contributed by atoms with Crippen LogP contribution >= 0.6 is 0 Å². The molecule has 2 aromatic rings. The number of halogens is 2. The van der Waals surface area contributed by atoms with Crippen LogP contribution in [0.15, 0.2) is 18.2 Å². The van der Waals surface area contributed by atoms with Gasteiger partial charge < -0.3 is 11.1 Å². The molecule has 1 aromatic heterocycles. The Morgan fingerprint density at radius 3 is 2.85 bits per heavy atom. The Morgan fingerprint density at radius 2 is 2.20 bits per heavy atom. The van der Waals surface area contributed by atoms with Crippen LogP contribution in [0.25, 0.3) is 0 Å². The summed E-state index contributed by atoms with van der Waals surface area (Å²) in [5.41, 5.74) is 6.79. The van der Waals surface area contributed by atoms with E-state index in [-0.39, 0.29) is 23.5 Å².